The number of rotatable bonds is 5. The SMILES string of the molecule is CC1(NC(=O)Cn2cc(NC(=O)c3ccc(F)cc3)cn2)CCC1. The zero-order chi connectivity index (χ0) is 17.2. The Kier molecular flexibility index (Phi) is 4.33. The van der Waals surface area contributed by atoms with E-state index in [9.17, 15) is 14.0 Å². The van der Waals surface area contributed by atoms with Gasteiger partial charge in [-0.1, -0.05) is 0 Å². The average molecular weight is 330 g/mol. The van der Waals surface area contributed by atoms with Gasteiger partial charge in [0, 0.05) is 17.3 Å². The number of amides is 2. The molecule has 1 heterocycles. The third-order valence-corrected chi connectivity index (χ3v) is 4.20. The van der Waals surface area contributed by atoms with Crippen LogP contribution in [0.15, 0.2) is 36.7 Å². The highest BCUT2D eigenvalue weighted by Gasteiger charge is 2.33. The minimum Gasteiger partial charge on any atom is -0.349 e. The molecule has 0 bridgehead atoms. The molecule has 1 fully saturated rings. The summed E-state index contributed by atoms with van der Waals surface area (Å²) in [5.74, 6) is -0.858. The Morgan fingerprint density at radius 1 is 1.29 bits per heavy atom. The summed E-state index contributed by atoms with van der Waals surface area (Å²) in [7, 11) is 0. The highest BCUT2D eigenvalue weighted by molar-refractivity contribution is 6.04. The number of nitrogens with zero attached hydrogens (tertiary/aromatic N) is 2. The number of aromatic nitrogens is 2. The number of benzene rings is 1. The first-order valence-corrected chi connectivity index (χ1v) is 7.84. The quantitative estimate of drug-likeness (QED) is 0.883. The lowest BCUT2D eigenvalue weighted by Crippen LogP contribution is -2.51. The van der Waals surface area contributed by atoms with Crippen LogP contribution in [-0.4, -0.2) is 27.1 Å². The number of anilines is 1. The highest BCUT2D eigenvalue weighted by atomic mass is 19.1. The fourth-order valence-electron chi connectivity index (χ4n) is 2.67. The van der Waals surface area contributed by atoms with Crippen LogP contribution in [0, 0.1) is 5.82 Å². The van der Waals surface area contributed by atoms with Crippen LogP contribution in [0.5, 0.6) is 0 Å². The van der Waals surface area contributed by atoms with Crippen molar-refractivity contribution < 1.29 is 14.0 Å². The molecular weight excluding hydrogens is 311 g/mol. The van der Waals surface area contributed by atoms with Gasteiger partial charge in [-0.3, -0.25) is 14.3 Å². The van der Waals surface area contributed by atoms with Crippen LogP contribution in [-0.2, 0) is 11.3 Å². The van der Waals surface area contributed by atoms with E-state index in [4.69, 9.17) is 0 Å². The second kappa shape index (κ2) is 6.43. The molecule has 2 amide bonds. The summed E-state index contributed by atoms with van der Waals surface area (Å²) in [4.78, 5) is 24.1. The summed E-state index contributed by atoms with van der Waals surface area (Å²) in [6.45, 7) is 2.13. The monoisotopic (exact) mass is 330 g/mol. The van der Waals surface area contributed by atoms with E-state index < -0.39 is 5.82 Å². The Balaban J connectivity index is 1.56. The molecule has 0 radical (unpaired) electrons. The lowest BCUT2D eigenvalue weighted by molar-refractivity contribution is -0.124. The van der Waals surface area contributed by atoms with Gasteiger partial charge in [0.05, 0.1) is 11.9 Å². The molecule has 0 aliphatic heterocycles. The maximum absolute atomic E-state index is 12.9. The first kappa shape index (κ1) is 16.2. The van der Waals surface area contributed by atoms with Gasteiger partial charge in [-0.2, -0.15) is 5.10 Å². The number of carbonyl (C=O) groups excluding carboxylic acids is 2. The predicted molar refractivity (Wildman–Crippen MR) is 87.0 cm³/mol. The maximum Gasteiger partial charge on any atom is 0.255 e. The molecule has 0 spiro atoms. The van der Waals surface area contributed by atoms with Crippen molar-refractivity contribution in [3.63, 3.8) is 0 Å². The van der Waals surface area contributed by atoms with Gasteiger partial charge in [0.2, 0.25) is 5.91 Å². The van der Waals surface area contributed by atoms with Gasteiger partial charge in [-0.05, 0) is 50.5 Å². The first-order valence-electron chi connectivity index (χ1n) is 7.84. The fourth-order valence-corrected chi connectivity index (χ4v) is 2.67. The van der Waals surface area contributed by atoms with E-state index in [2.05, 4.69) is 15.7 Å². The third-order valence-electron chi connectivity index (χ3n) is 4.20. The molecule has 1 saturated carbocycles. The normalized spacial score (nSPS) is 15.4. The molecule has 1 aromatic carbocycles. The third kappa shape index (κ3) is 3.79. The molecule has 126 valence electrons. The second-order valence-electron chi connectivity index (χ2n) is 6.35. The Morgan fingerprint density at radius 2 is 2.00 bits per heavy atom. The smallest absolute Gasteiger partial charge is 0.255 e. The molecule has 1 aliphatic rings. The summed E-state index contributed by atoms with van der Waals surface area (Å²) >= 11 is 0. The van der Waals surface area contributed by atoms with Crippen LogP contribution in [0.4, 0.5) is 10.1 Å². The molecule has 24 heavy (non-hydrogen) atoms. The van der Waals surface area contributed by atoms with E-state index >= 15 is 0 Å². The number of halogens is 1. The summed E-state index contributed by atoms with van der Waals surface area (Å²) in [5.41, 5.74) is 0.732. The standard InChI is InChI=1S/C17H19FN4O2/c1-17(7-2-8-17)21-15(23)11-22-10-14(9-19-22)20-16(24)12-3-5-13(18)6-4-12/h3-6,9-10H,2,7-8,11H2,1H3,(H,20,24)(H,21,23). The van der Waals surface area contributed by atoms with Crippen LogP contribution in [0.2, 0.25) is 0 Å². The number of nitrogens with one attached hydrogen (secondary N) is 2. The van der Waals surface area contributed by atoms with E-state index in [-0.39, 0.29) is 23.9 Å². The Bertz CT molecular complexity index is 750. The zero-order valence-electron chi connectivity index (χ0n) is 13.4. The molecule has 1 aromatic heterocycles. The van der Waals surface area contributed by atoms with Crippen molar-refractivity contribution >= 4 is 17.5 Å². The lowest BCUT2D eigenvalue weighted by atomic mass is 9.78. The molecule has 3 rings (SSSR count). The van der Waals surface area contributed by atoms with Crippen molar-refractivity contribution in [1.29, 1.82) is 0 Å². The summed E-state index contributed by atoms with van der Waals surface area (Å²) < 4.78 is 14.3. The number of carbonyl (C=O) groups is 2. The van der Waals surface area contributed by atoms with Crippen molar-refractivity contribution in [2.75, 3.05) is 5.32 Å². The van der Waals surface area contributed by atoms with Gasteiger partial charge in [0.1, 0.15) is 12.4 Å². The van der Waals surface area contributed by atoms with E-state index in [0.717, 1.165) is 19.3 Å². The summed E-state index contributed by atoms with van der Waals surface area (Å²) in [6.07, 6.45) is 6.19. The molecule has 0 unspecified atom stereocenters. The van der Waals surface area contributed by atoms with Crippen LogP contribution < -0.4 is 10.6 Å². The van der Waals surface area contributed by atoms with Crippen LogP contribution in [0.1, 0.15) is 36.5 Å². The molecule has 1 aliphatic carbocycles. The largest absolute Gasteiger partial charge is 0.349 e. The molecule has 0 saturated heterocycles. The first-order chi connectivity index (χ1) is 11.4. The van der Waals surface area contributed by atoms with E-state index in [1.54, 1.807) is 6.20 Å². The maximum atomic E-state index is 12.9. The fraction of sp³-hybridized carbons (Fsp3) is 0.353. The van der Waals surface area contributed by atoms with E-state index in [1.807, 2.05) is 6.92 Å². The van der Waals surface area contributed by atoms with E-state index in [0.29, 0.717) is 11.3 Å². The van der Waals surface area contributed by atoms with Crippen molar-refractivity contribution in [3.8, 4) is 0 Å². The Hall–Kier alpha value is -2.70. The van der Waals surface area contributed by atoms with Crippen molar-refractivity contribution in [2.24, 2.45) is 0 Å². The Labute approximate surface area is 139 Å². The Morgan fingerprint density at radius 3 is 2.62 bits per heavy atom. The average Bonchev–Trinajstić information content (AvgIpc) is 2.93. The van der Waals surface area contributed by atoms with Crippen molar-refractivity contribution in [1.82, 2.24) is 15.1 Å². The van der Waals surface area contributed by atoms with Crippen molar-refractivity contribution in [2.45, 2.75) is 38.3 Å². The second-order valence-corrected chi connectivity index (χ2v) is 6.35. The molecule has 2 N–H and O–H groups in total. The molecular formula is C17H19FN4O2. The zero-order valence-corrected chi connectivity index (χ0v) is 13.4. The molecule has 7 heteroatoms. The number of hydrogen-bond donors (Lipinski definition) is 2. The van der Waals surface area contributed by atoms with Gasteiger partial charge < -0.3 is 10.6 Å². The van der Waals surface area contributed by atoms with Crippen LogP contribution in [0.25, 0.3) is 0 Å². The van der Waals surface area contributed by atoms with Crippen LogP contribution >= 0.6 is 0 Å². The van der Waals surface area contributed by atoms with Gasteiger partial charge in [0.15, 0.2) is 0 Å². The lowest BCUT2D eigenvalue weighted by Gasteiger charge is -2.39. The molecule has 0 atom stereocenters. The van der Waals surface area contributed by atoms with Gasteiger partial charge in [-0.25, -0.2) is 4.39 Å². The van der Waals surface area contributed by atoms with Gasteiger partial charge >= 0.3 is 0 Å². The molecule has 2 aromatic rings. The summed E-state index contributed by atoms with van der Waals surface area (Å²) in [6, 6.07) is 5.26. The molecule has 6 nitrogen and oxygen atoms in total. The van der Waals surface area contributed by atoms with Crippen molar-refractivity contribution in [3.05, 3.63) is 48.0 Å². The van der Waals surface area contributed by atoms with E-state index in [1.165, 1.54) is 35.1 Å². The number of hydrogen-bond acceptors (Lipinski definition) is 3. The minimum absolute atomic E-state index is 0.0934. The van der Waals surface area contributed by atoms with Gasteiger partial charge in [-0.15, -0.1) is 0 Å². The van der Waals surface area contributed by atoms with Gasteiger partial charge in [0.25, 0.3) is 5.91 Å². The highest BCUT2D eigenvalue weighted by Crippen LogP contribution is 2.30. The van der Waals surface area contributed by atoms with Crippen LogP contribution in [0.3, 0.4) is 0 Å². The summed E-state index contributed by atoms with van der Waals surface area (Å²) in [5, 5.41) is 9.74. The topological polar surface area (TPSA) is 76.0 Å². The minimum atomic E-state index is -0.398. The predicted octanol–water partition coefficient (Wildman–Crippen LogP) is 2.33.